The highest BCUT2D eigenvalue weighted by molar-refractivity contribution is 5.81. The standard InChI is InChI=1S/C11H19F3N2O/c1-3-8-5-15-6-9(8)7-16(4-2)10(17)11(12,13)14/h8-9,15H,3-7H2,1-2H3. The number of hydrogen-bond acceptors (Lipinski definition) is 2. The van der Waals surface area contributed by atoms with Gasteiger partial charge in [0.1, 0.15) is 0 Å². The van der Waals surface area contributed by atoms with Gasteiger partial charge in [-0.05, 0) is 31.8 Å². The second-order valence-corrected chi connectivity index (χ2v) is 4.43. The molecule has 17 heavy (non-hydrogen) atoms. The highest BCUT2D eigenvalue weighted by atomic mass is 19.4. The van der Waals surface area contributed by atoms with E-state index in [0.29, 0.717) is 12.5 Å². The summed E-state index contributed by atoms with van der Waals surface area (Å²) in [5.41, 5.74) is 0. The molecule has 0 aromatic carbocycles. The Morgan fingerprint density at radius 3 is 2.35 bits per heavy atom. The summed E-state index contributed by atoms with van der Waals surface area (Å²) >= 11 is 0. The summed E-state index contributed by atoms with van der Waals surface area (Å²) in [7, 11) is 0. The minimum atomic E-state index is -4.76. The highest BCUT2D eigenvalue weighted by Crippen LogP contribution is 2.24. The quantitative estimate of drug-likeness (QED) is 0.825. The molecule has 0 aromatic rings. The molecule has 6 heteroatoms. The zero-order valence-electron chi connectivity index (χ0n) is 10.2. The third kappa shape index (κ3) is 3.59. The topological polar surface area (TPSA) is 32.3 Å². The van der Waals surface area contributed by atoms with Crippen molar-refractivity contribution in [1.82, 2.24) is 10.2 Å². The van der Waals surface area contributed by atoms with Crippen LogP contribution in [0.3, 0.4) is 0 Å². The van der Waals surface area contributed by atoms with E-state index in [9.17, 15) is 18.0 Å². The molecule has 1 heterocycles. The number of nitrogens with zero attached hydrogens (tertiary/aromatic N) is 1. The van der Waals surface area contributed by atoms with Gasteiger partial charge in [0.05, 0.1) is 0 Å². The molecule has 0 aliphatic carbocycles. The molecule has 1 N–H and O–H groups in total. The lowest BCUT2D eigenvalue weighted by Crippen LogP contribution is -2.44. The Kier molecular flexibility index (Phi) is 4.80. The second-order valence-electron chi connectivity index (χ2n) is 4.43. The first kappa shape index (κ1) is 14.3. The molecule has 100 valence electrons. The smallest absolute Gasteiger partial charge is 0.335 e. The molecule has 0 spiro atoms. The first-order chi connectivity index (χ1) is 7.90. The molecule has 1 aliphatic rings. The highest BCUT2D eigenvalue weighted by Gasteiger charge is 2.43. The zero-order valence-corrected chi connectivity index (χ0v) is 10.2. The van der Waals surface area contributed by atoms with E-state index in [1.54, 1.807) is 6.92 Å². The van der Waals surface area contributed by atoms with Crippen LogP contribution in [0.15, 0.2) is 0 Å². The Balaban J connectivity index is 2.61. The fraction of sp³-hybridized carbons (Fsp3) is 0.909. The number of halogens is 3. The van der Waals surface area contributed by atoms with Crippen molar-refractivity contribution in [2.24, 2.45) is 11.8 Å². The summed E-state index contributed by atoms with van der Waals surface area (Å²) in [6, 6.07) is 0. The lowest BCUT2D eigenvalue weighted by Gasteiger charge is -2.27. The van der Waals surface area contributed by atoms with Gasteiger partial charge in [-0.2, -0.15) is 13.2 Å². The summed E-state index contributed by atoms with van der Waals surface area (Å²) < 4.78 is 37.0. The average molecular weight is 252 g/mol. The normalized spacial score (nSPS) is 25.0. The van der Waals surface area contributed by atoms with Crippen LogP contribution in [-0.2, 0) is 4.79 Å². The zero-order chi connectivity index (χ0) is 13.1. The predicted molar refractivity (Wildman–Crippen MR) is 58.4 cm³/mol. The molecule has 3 nitrogen and oxygen atoms in total. The number of rotatable bonds is 4. The van der Waals surface area contributed by atoms with Gasteiger partial charge < -0.3 is 10.2 Å². The first-order valence-corrected chi connectivity index (χ1v) is 5.96. The molecule has 2 atom stereocenters. The largest absolute Gasteiger partial charge is 0.471 e. The van der Waals surface area contributed by atoms with E-state index in [2.05, 4.69) is 5.32 Å². The van der Waals surface area contributed by atoms with Gasteiger partial charge in [0.25, 0.3) is 0 Å². The van der Waals surface area contributed by atoms with Crippen LogP contribution in [0.25, 0.3) is 0 Å². The summed E-state index contributed by atoms with van der Waals surface area (Å²) in [5.74, 6) is -1.22. The molecule has 0 saturated carbocycles. The molecule has 1 aliphatic heterocycles. The van der Waals surface area contributed by atoms with E-state index < -0.39 is 12.1 Å². The Morgan fingerprint density at radius 1 is 1.29 bits per heavy atom. The fourth-order valence-corrected chi connectivity index (χ4v) is 2.30. The van der Waals surface area contributed by atoms with Crippen molar-refractivity contribution in [3.8, 4) is 0 Å². The molecule has 2 unspecified atom stereocenters. The molecule has 0 bridgehead atoms. The van der Waals surface area contributed by atoms with Crippen molar-refractivity contribution in [1.29, 1.82) is 0 Å². The maximum Gasteiger partial charge on any atom is 0.471 e. The Hall–Kier alpha value is -0.780. The van der Waals surface area contributed by atoms with Crippen molar-refractivity contribution in [3.05, 3.63) is 0 Å². The molecule has 1 amide bonds. The maximum absolute atomic E-state index is 12.3. The third-order valence-electron chi connectivity index (χ3n) is 3.37. The molecular formula is C11H19F3N2O. The summed E-state index contributed by atoms with van der Waals surface area (Å²) in [4.78, 5) is 12.1. The number of amides is 1. The molecule has 0 aromatic heterocycles. The summed E-state index contributed by atoms with van der Waals surface area (Å²) in [6.07, 6.45) is -3.83. The van der Waals surface area contributed by atoms with Crippen LogP contribution in [0.2, 0.25) is 0 Å². The van der Waals surface area contributed by atoms with Gasteiger partial charge in [-0.3, -0.25) is 4.79 Å². The van der Waals surface area contributed by atoms with E-state index in [-0.39, 0.29) is 19.0 Å². The van der Waals surface area contributed by atoms with Gasteiger partial charge >= 0.3 is 12.1 Å². The minimum Gasteiger partial charge on any atom is -0.335 e. The van der Waals surface area contributed by atoms with E-state index in [1.165, 1.54) is 0 Å². The van der Waals surface area contributed by atoms with Gasteiger partial charge in [-0.1, -0.05) is 13.3 Å². The fourth-order valence-electron chi connectivity index (χ4n) is 2.30. The number of hydrogen-bond donors (Lipinski definition) is 1. The second kappa shape index (κ2) is 5.71. The van der Waals surface area contributed by atoms with Crippen molar-refractivity contribution >= 4 is 5.91 Å². The maximum atomic E-state index is 12.3. The third-order valence-corrected chi connectivity index (χ3v) is 3.37. The average Bonchev–Trinajstić information content (AvgIpc) is 2.70. The van der Waals surface area contributed by atoms with Crippen LogP contribution in [0.5, 0.6) is 0 Å². The number of nitrogens with one attached hydrogen (secondary N) is 1. The number of carbonyl (C=O) groups is 1. The Bertz CT molecular complexity index is 268. The predicted octanol–water partition coefficient (Wildman–Crippen LogP) is 1.64. The number of alkyl halides is 3. The molecule has 0 radical (unpaired) electrons. The summed E-state index contributed by atoms with van der Waals surface area (Å²) in [5, 5.41) is 3.16. The van der Waals surface area contributed by atoms with Gasteiger partial charge in [0.15, 0.2) is 0 Å². The van der Waals surface area contributed by atoms with Crippen LogP contribution < -0.4 is 5.32 Å². The van der Waals surface area contributed by atoms with Gasteiger partial charge in [0, 0.05) is 13.1 Å². The van der Waals surface area contributed by atoms with Gasteiger partial charge in [-0.15, -0.1) is 0 Å². The van der Waals surface area contributed by atoms with E-state index in [1.807, 2.05) is 6.92 Å². The first-order valence-electron chi connectivity index (χ1n) is 5.96. The summed E-state index contributed by atoms with van der Waals surface area (Å²) in [6.45, 7) is 5.42. The molecular weight excluding hydrogens is 233 g/mol. The van der Waals surface area contributed by atoms with E-state index in [4.69, 9.17) is 0 Å². The van der Waals surface area contributed by atoms with Crippen LogP contribution in [0.1, 0.15) is 20.3 Å². The Morgan fingerprint density at radius 2 is 1.88 bits per heavy atom. The molecule has 1 rings (SSSR count). The van der Waals surface area contributed by atoms with Crippen molar-refractivity contribution < 1.29 is 18.0 Å². The molecule has 1 fully saturated rings. The van der Waals surface area contributed by atoms with Gasteiger partial charge in [0.2, 0.25) is 0 Å². The van der Waals surface area contributed by atoms with Crippen LogP contribution in [0, 0.1) is 11.8 Å². The monoisotopic (exact) mass is 252 g/mol. The van der Waals surface area contributed by atoms with Crippen molar-refractivity contribution in [2.45, 2.75) is 26.4 Å². The molecule has 1 saturated heterocycles. The van der Waals surface area contributed by atoms with Crippen LogP contribution in [0.4, 0.5) is 13.2 Å². The minimum absolute atomic E-state index is 0.102. The SMILES string of the molecule is CCC1CNCC1CN(CC)C(=O)C(F)(F)F. The van der Waals surface area contributed by atoms with Gasteiger partial charge in [-0.25, -0.2) is 0 Å². The lowest BCUT2D eigenvalue weighted by atomic mass is 9.93. The van der Waals surface area contributed by atoms with Crippen LogP contribution >= 0.6 is 0 Å². The van der Waals surface area contributed by atoms with Crippen LogP contribution in [-0.4, -0.2) is 43.2 Å². The van der Waals surface area contributed by atoms with E-state index >= 15 is 0 Å². The van der Waals surface area contributed by atoms with Crippen molar-refractivity contribution in [3.63, 3.8) is 0 Å². The van der Waals surface area contributed by atoms with E-state index in [0.717, 1.165) is 17.9 Å². The Labute approximate surface area is 99.4 Å². The lowest BCUT2D eigenvalue weighted by molar-refractivity contribution is -0.185. The van der Waals surface area contributed by atoms with Crippen molar-refractivity contribution in [2.75, 3.05) is 26.2 Å². The number of carbonyl (C=O) groups excluding carboxylic acids is 1.